The van der Waals surface area contributed by atoms with Gasteiger partial charge in [-0.05, 0) is 113 Å². The lowest BCUT2D eigenvalue weighted by molar-refractivity contribution is -0.161. The standard InChI is InChI=1S/C33H36N4O3/c1-20-25(26-9-7-11-28(35)21(26)2)8-6-10-27(20)31-36-29-17-22(16-24(18-34)30(29)39-31)19-37-14-12-23(13-15-37)32(38)40-33(3,4)5/h6-11,16-17,23H,12-15,19,35H2,1-5H3. The van der Waals surface area contributed by atoms with E-state index >= 15 is 0 Å². The van der Waals surface area contributed by atoms with Gasteiger partial charge in [-0.3, -0.25) is 9.69 Å². The maximum absolute atomic E-state index is 12.5. The van der Waals surface area contributed by atoms with E-state index in [2.05, 4.69) is 30.0 Å². The molecule has 0 atom stereocenters. The van der Waals surface area contributed by atoms with Crippen molar-refractivity contribution in [1.29, 1.82) is 5.26 Å². The smallest absolute Gasteiger partial charge is 0.309 e. The van der Waals surface area contributed by atoms with Crippen LogP contribution in [0.3, 0.4) is 0 Å². The van der Waals surface area contributed by atoms with Crippen LogP contribution in [0.4, 0.5) is 5.69 Å². The highest BCUT2D eigenvalue weighted by molar-refractivity contribution is 5.85. The first-order valence-corrected chi connectivity index (χ1v) is 13.8. The second-order valence-electron chi connectivity index (χ2n) is 11.7. The normalized spacial score (nSPS) is 14.8. The molecule has 0 saturated carbocycles. The van der Waals surface area contributed by atoms with E-state index in [1.807, 2.05) is 64.1 Å². The van der Waals surface area contributed by atoms with E-state index in [0.717, 1.165) is 65.0 Å². The van der Waals surface area contributed by atoms with Gasteiger partial charge in [0.25, 0.3) is 0 Å². The van der Waals surface area contributed by atoms with Crippen LogP contribution < -0.4 is 5.73 Å². The summed E-state index contributed by atoms with van der Waals surface area (Å²) in [7, 11) is 0. The predicted octanol–water partition coefficient (Wildman–Crippen LogP) is 6.79. The topological polar surface area (TPSA) is 105 Å². The molecule has 5 rings (SSSR count). The van der Waals surface area contributed by atoms with Crippen LogP contribution in [-0.4, -0.2) is 34.5 Å². The van der Waals surface area contributed by atoms with Crippen LogP contribution in [0.5, 0.6) is 0 Å². The fourth-order valence-corrected chi connectivity index (χ4v) is 5.45. The van der Waals surface area contributed by atoms with Gasteiger partial charge in [0.2, 0.25) is 5.89 Å². The average Bonchev–Trinajstić information content (AvgIpc) is 3.33. The number of piperidine rings is 1. The molecule has 7 heteroatoms. The zero-order chi connectivity index (χ0) is 28.6. The Hall–Kier alpha value is -4.15. The second kappa shape index (κ2) is 10.8. The number of nitrogens with zero attached hydrogens (tertiary/aromatic N) is 3. The summed E-state index contributed by atoms with van der Waals surface area (Å²) in [4.78, 5) is 19.6. The van der Waals surface area contributed by atoms with Crippen molar-refractivity contribution >= 4 is 22.8 Å². The van der Waals surface area contributed by atoms with Crippen molar-refractivity contribution in [2.45, 2.75) is 59.6 Å². The molecule has 0 aliphatic carbocycles. The number of fused-ring (bicyclic) bond motifs is 1. The molecule has 3 aromatic carbocycles. The number of hydrogen-bond acceptors (Lipinski definition) is 7. The van der Waals surface area contributed by atoms with Gasteiger partial charge in [0.05, 0.1) is 11.5 Å². The molecule has 206 valence electrons. The largest absolute Gasteiger partial charge is 0.460 e. The third-order valence-corrected chi connectivity index (χ3v) is 7.63. The number of nitrogen functional groups attached to an aromatic ring is 1. The van der Waals surface area contributed by atoms with Crippen LogP contribution in [0.2, 0.25) is 0 Å². The minimum absolute atomic E-state index is 0.0687. The van der Waals surface area contributed by atoms with Crippen molar-refractivity contribution in [2.24, 2.45) is 5.92 Å². The Bertz CT molecular complexity index is 1620. The Balaban J connectivity index is 1.39. The minimum Gasteiger partial charge on any atom is -0.460 e. The van der Waals surface area contributed by atoms with Crippen LogP contribution in [0.15, 0.2) is 52.9 Å². The van der Waals surface area contributed by atoms with Gasteiger partial charge in [0.15, 0.2) is 5.58 Å². The monoisotopic (exact) mass is 536 g/mol. The number of aromatic nitrogens is 1. The molecule has 1 saturated heterocycles. The van der Waals surface area contributed by atoms with Gasteiger partial charge >= 0.3 is 5.97 Å². The number of likely N-dealkylation sites (tertiary alicyclic amines) is 1. The molecule has 0 radical (unpaired) electrons. The zero-order valence-corrected chi connectivity index (χ0v) is 23.9. The Morgan fingerprint density at radius 2 is 1.73 bits per heavy atom. The third-order valence-electron chi connectivity index (χ3n) is 7.63. The van der Waals surface area contributed by atoms with Gasteiger partial charge < -0.3 is 14.9 Å². The highest BCUT2D eigenvalue weighted by Crippen LogP contribution is 2.36. The van der Waals surface area contributed by atoms with Gasteiger partial charge in [-0.1, -0.05) is 24.3 Å². The lowest BCUT2D eigenvalue weighted by atomic mass is 9.93. The van der Waals surface area contributed by atoms with Crippen molar-refractivity contribution in [3.05, 3.63) is 70.8 Å². The first-order valence-electron chi connectivity index (χ1n) is 13.8. The Morgan fingerprint density at radius 1 is 1.07 bits per heavy atom. The summed E-state index contributed by atoms with van der Waals surface area (Å²) in [6.07, 6.45) is 1.52. The molecule has 40 heavy (non-hydrogen) atoms. The SMILES string of the molecule is Cc1c(N)cccc1-c1cccc(-c2nc3cc(CN4CCC(C(=O)OC(C)(C)C)CC4)cc(C#N)c3o2)c1C. The minimum atomic E-state index is -0.470. The molecule has 0 amide bonds. The zero-order valence-electron chi connectivity index (χ0n) is 23.9. The fraction of sp³-hybridized carbons (Fsp3) is 0.364. The summed E-state index contributed by atoms with van der Waals surface area (Å²) in [5.41, 5.74) is 14.2. The molecule has 4 aromatic rings. The average molecular weight is 537 g/mol. The third kappa shape index (κ3) is 5.59. The second-order valence-corrected chi connectivity index (χ2v) is 11.7. The summed E-state index contributed by atoms with van der Waals surface area (Å²) in [6.45, 7) is 12.0. The lowest BCUT2D eigenvalue weighted by Gasteiger charge is -2.32. The summed E-state index contributed by atoms with van der Waals surface area (Å²) in [5, 5.41) is 9.92. The molecule has 1 fully saturated rings. The molecule has 0 unspecified atom stereocenters. The number of carbonyl (C=O) groups excluding carboxylic acids is 1. The molecule has 2 heterocycles. The van der Waals surface area contributed by atoms with E-state index in [0.29, 0.717) is 29.1 Å². The van der Waals surface area contributed by atoms with Crippen LogP contribution in [0, 0.1) is 31.1 Å². The van der Waals surface area contributed by atoms with Crippen molar-refractivity contribution < 1.29 is 13.9 Å². The summed E-state index contributed by atoms with van der Waals surface area (Å²) < 4.78 is 11.8. The summed E-state index contributed by atoms with van der Waals surface area (Å²) in [5.74, 6) is 0.310. The molecule has 0 bridgehead atoms. The molecule has 1 aliphatic heterocycles. The number of benzene rings is 3. The highest BCUT2D eigenvalue weighted by Gasteiger charge is 2.29. The number of carbonyl (C=O) groups is 1. The van der Waals surface area contributed by atoms with E-state index in [1.165, 1.54) is 0 Å². The Kier molecular flexibility index (Phi) is 7.39. The molecule has 0 spiro atoms. The van der Waals surface area contributed by atoms with Crippen molar-refractivity contribution in [1.82, 2.24) is 9.88 Å². The van der Waals surface area contributed by atoms with Gasteiger partial charge in [0, 0.05) is 17.8 Å². The van der Waals surface area contributed by atoms with E-state index in [4.69, 9.17) is 19.9 Å². The number of anilines is 1. The van der Waals surface area contributed by atoms with Gasteiger partial charge in [-0.2, -0.15) is 5.26 Å². The first-order chi connectivity index (χ1) is 19.0. The molecule has 1 aliphatic rings. The number of nitrogens with two attached hydrogens (primary N) is 1. The number of esters is 1. The van der Waals surface area contributed by atoms with E-state index in [-0.39, 0.29) is 11.9 Å². The number of oxazole rings is 1. The predicted molar refractivity (Wildman–Crippen MR) is 157 cm³/mol. The Morgan fingerprint density at radius 3 is 2.40 bits per heavy atom. The van der Waals surface area contributed by atoms with Gasteiger partial charge in [0.1, 0.15) is 17.2 Å². The number of hydrogen-bond donors (Lipinski definition) is 1. The maximum atomic E-state index is 12.5. The summed E-state index contributed by atoms with van der Waals surface area (Å²) in [6, 6.07) is 18.2. The fourth-order valence-electron chi connectivity index (χ4n) is 5.45. The first kappa shape index (κ1) is 27.4. The molecule has 7 nitrogen and oxygen atoms in total. The van der Waals surface area contributed by atoms with Crippen LogP contribution >= 0.6 is 0 Å². The molecular formula is C33H36N4O3. The van der Waals surface area contributed by atoms with Crippen molar-refractivity contribution in [3.63, 3.8) is 0 Å². The lowest BCUT2D eigenvalue weighted by Crippen LogP contribution is -2.38. The summed E-state index contributed by atoms with van der Waals surface area (Å²) >= 11 is 0. The van der Waals surface area contributed by atoms with E-state index in [9.17, 15) is 10.1 Å². The quantitative estimate of drug-likeness (QED) is 0.221. The molecule has 1 aromatic heterocycles. The van der Waals surface area contributed by atoms with Crippen LogP contribution in [0.1, 0.15) is 55.9 Å². The van der Waals surface area contributed by atoms with Crippen molar-refractivity contribution in [2.75, 3.05) is 18.8 Å². The van der Waals surface area contributed by atoms with Crippen LogP contribution in [0.25, 0.3) is 33.7 Å². The Labute approximate surface area is 235 Å². The molecular weight excluding hydrogens is 500 g/mol. The van der Waals surface area contributed by atoms with Gasteiger partial charge in [-0.15, -0.1) is 0 Å². The number of rotatable bonds is 5. The van der Waals surface area contributed by atoms with E-state index in [1.54, 1.807) is 0 Å². The van der Waals surface area contributed by atoms with Crippen LogP contribution in [-0.2, 0) is 16.1 Å². The maximum Gasteiger partial charge on any atom is 0.309 e. The highest BCUT2D eigenvalue weighted by atomic mass is 16.6. The molecule has 2 N–H and O–H groups in total. The number of nitriles is 1. The van der Waals surface area contributed by atoms with Crippen molar-refractivity contribution in [3.8, 4) is 28.7 Å². The van der Waals surface area contributed by atoms with Gasteiger partial charge in [-0.25, -0.2) is 4.98 Å². The number of ether oxygens (including phenoxy) is 1. The van der Waals surface area contributed by atoms with E-state index < -0.39 is 5.60 Å².